The molecule has 0 aliphatic rings. The molecule has 0 unspecified atom stereocenters. The molecule has 0 saturated heterocycles. The maximum absolute atomic E-state index is 12.5. The van der Waals surface area contributed by atoms with Crippen molar-refractivity contribution >= 4 is 28.4 Å². The molecule has 3 aromatic carbocycles. The van der Waals surface area contributed by atoms with Crippen molar-refractivity contribution < 1.29 is 9.59 Å². The number of hydrogen-bond donors (Lipinski definition) is 2. The van der Waals surface area contributed by atoms with Gasteiger partial charge in [0.2, 0.25) is 5.91 Å². The SMILES string of the molecule is Cc1ccccc1[C@H](C)NC(=O)N(C)CC(=O)Nc1cccc2ccccc12. The van der Waals surface area contributed by atoms with E-state index < -0.39 is 0 Å². The Kier molecular flexibility index (Phi) is 5.94. The summed E-state index contributed by atoms with van der Waals surface area (Å²) in [6.45, 7) is 3.92. The zero-order chi connectivity index (χ0) is 20.1. The molecule has 0 spiro atoms. The van der Waals surface area contributed by atoms with Gasteiger partial charge < -0.3 is 15.5 Å². The van der Waals surface area contributed by atoms with E-state index in [0.717, 1.165) is 27.6 Å². The van der Waals surface area contributed by atoms with Gasteiger partial charge in [-0.3, -0.25) is 4.79 Å². The van der Waals surface area contributed by atoms with Gasteiger partial charge in [-0.25, -0.2) is 4.79 Å². The Morgan fingerprint density at radius 1 is 0.964 bits per heavy atom. The maximum atomic E-state index is 12.5. The quantitative estimate of drug-likeness (QED) is 0.690. The number of anilines is 1. The van der Waals surface area contributed by atoms with Crippen molar-refractivity contribution in [2.75, 3.05) is 18.9 Å². The largest absolute Gasteiger partial charge is 0.331 e. The third-order valence-corrected chi connectivity index (χ3v) is 4.79. The van der Waals surface area contributed by atoms with Gasteiger partial charge in [-0.05, 0) is 36.4 Å². The van der Waals surface area contributed by atoms with Crippen LogP contribution in [0.5, 0.6) is 0 Å². The van der Waals surface area contributed by atoms with Gasteiger partial charge in [-0.1, -0.05) is 60.7 Å². The van der Waals surface area contributed by atoms with Crippen LogP contribution in [0.25, 0.3) is 10.8 Å². The minimum Gasteiger partial charge on any atom is -0.331 e. The second-order valence-corrected chi connectivity index (χ2v) is 6.96. The molecule has 0 radical (unpaired) electrons. The summed E-state index contributed by atoms with van der Waals surface area (Å²) in [4.78, 5) is 26.3. The summed E-state index contributed by atoms with van der Waals surface area (Å²) in [5.41, 5.74) is 2.92. The number of amides is 3. The standard InChI is InChI=1S/C23H25N3O2/c1-16-9-4-6-12-19(16)17(2)24-23(28)26(3)15-22(27)25-21-14-8-11-18-10-5-7-13-20(18)21/h4-14,17H,15H2,1-3H3,(H,24,28)(H,25,27)/t17-/m0/s1. The molecule has 0 saturated carbocycles. The lowest BCUT2D eigenvalue weighted by Crippen LogP contribution is -2.42. The lowest BCUT2D eigenvalue weighted by Gasteiger charge is -2.22. The summed E-state index contributed by atoms with van der Waals surface area (Å²) < 4.78 is 0. The summed E-state index contributed by atoms with van der Waals surface area (Å²) in [6, 6.07) is 21.1. The third-order valence-electron chi connectivity index (χ3n) is 4.79. The number of carbonyl (C=O) groups is 2. The van der Waals surface area contributed by atoms with E-state index in [1.54, 1.807) is 7.05 Å². The third kappa shape index (κ3) is 4.49. The molecular weight excluding hydrogens is 350 g/mol. The van der Waals surface area contributed by atoms with Crippen LogP contribution in [0.1, 0.15) is 24.1 Å². The molecule has 2 N–H and O–H groups in total. The van der Waals surface area contributed by atoms with Crippen molar-refractivity contribution in [2.24, 2.45) is 0 Å². The molecule has 0 aliphatic heterocycles. The molecule has 0 aliphatic carbocycles. The van der Waals surface area contributed by atoms with E-state index in [1.807, 2.05) is 80.6 Å². The van der Waals surface area contributed by atoms with Gasteiger partial charge in [-0.15, -0.1) is 0 Å². The van der Waals surface area contributed by atoms with Crippen LogP contribution in [0.15, 0.2) is 66.7 Å². The number of fused-ring (bicyclic) bond motifs is 1. The number of aryl methyl sites for hydroxylation is 1. The van der Waals surface area contributed by atoms with E-state index in [1.165, 1.54) is 4.90 Å². The maximum Gasteiger partial charge on any atom is 0.318 e. The Hall–Kier alpha value is -3.34. The second-order valence-electron chi connectivity index (χ2n) is 6.96. The van der Waals surface area contributed by atoms with Crippen LogP contribution < -0.4 is 10.6 Å². The van der Waals surface area contributed by atoms with Gasteiger partial charge in [0, 0.05) is 18.1 Å². The molecule has 5 nitrogen and oxygen atoms in total. The first-order chi connectivity index (χ1) is 13.5. The van der Waals surface area contributed by atoms with Crippen molar-refractivity contribution in [2.45, 2.75) is 19.9 Å². The lowest BCUT2D eigenvalue weighted by atomic mass is 10.0. The number of likely N-dealkylation sites (N-methyl/N-ethyl adjacent to an activating group) is 1. The molecule has 3 rings (SSSR count). The van der Waals surface area contributed by atoms with Crippen LogP contribution in [0.3, 0.4) is 0 Å². The Morgan fingerprint density at radius 2 is 1.64 bits per heavy atom. The number of nitrogens with one attached hydrogen (secondary N) is 2. The molecule has 0 aromatic heterocycles. The van der Waals surface area contributed by atoms with E-state index in [4.69, 9.17) is 0 Å². The van der Waals surface area contributed by atoms with Gasteiger partial charge in [0.05, 0.1) is 6.04 Å². The number of benzene rings is 3. The van der Waals surface area contributed by atoms with Crippen LogP contribution >= 0.6 is 0 Å². The predicted octanol–water partition coefficient (Wildman–Crippen LogP) is 4.49. The van der Waals surface area contributed by atoms with E-state index in [-0.39, 0.29) is 24.5 Å². The minimum absolute atomic E-state index is 0.0322. The summed E-state index contributed by atoms with van der Waals surface area (Å²) in [6.07, 6.45) is 0. The normalized spacial score (nSPS) is 11.7. The molecule has 28 heavy (non-hydrogen) atoms. The van der Waals surface area contributed by atoms with Gasteiger partial charge in [0.1, 0.15) is 6.54 Å². The van der Waals surface area contributed by atoms with Gasteiger partial charge >= 0.3 is 6.03 Å². The van der Waals surface area contributed by atoms with E-state index in [9.17, 15) is 9.59 Å². The molecule has 1 atom stereocenters. The molecule has 3 aromatic rings. The summed E-state index contributed by atoms with van der Waals surface area (Å²) in [5, 5.41) is 7.87. The van der Waals surface area contributed by atoms with Crippen molar-refractivity contribution in [1.82, 2.24) is 10.2 Å². The number of urea groups is 1. The Labute approximate surface area is 165 Å². The van der Waals surface area contributed by atoms with Crippen LogP contribution in [-0.2, 0) is 4.79 Å². The lowest BCUT2D eigenvalue weighted by molar-refractivity contribution is -0.116. The fourth-order valence-electron chi connectivity index (χ4n) is 3.26. The van der Waals surface area contributed by atoms with E-state index in [0.29, 0.717) is 0 Å². The zero-order valence-electron chi connectivity index (χ0n) is 16.4. The van der Waals surface area contributed by atoms with Crippen LogP contribution in [0, 0.1) is 6.92 Å². The molecule has 0 fully saturated rings. The fourth-order valence-corrected chi connectivity index (χ4v) is 3.26. The number of nitrogens with zero attached hydrogens (tertiary/aromatic N) is 1. The predicted molar refractivity (Wildman–Crippen MR) is 113 cm³/mol. The van der Waals surface area contributed by atoms with Crippen LogP contribution in [-0.4, -0.2) is 30.4 Å². The van der Waals surface area contributed by atoms with Gasteiger partial charge in [0.25, 0.3) is 0 Å². The Balaban J connectivity index is 1.60. The summed E-state index contributed by atoms with van der Waals surface area (Å²) >= 11 is 0. The van der Waals surface area contributed by atoms with Crippen molar-refractivity contribution in [3.8, 4) is 0 Å². The van der Waals surface area contributed by atoms with Crippen molar-refractivity contribution in [3.05, 3.63) is 77.9 Å². The molecular formula is C23H25N3O2. The average Bonchev–Trinajstić information content (AvgIpc) is 2.68. The Bertz CT molecular complexity index is 995. The number of carbonyl (C=O) groups excluding carboxylic acids is 2. The topological polar surface area (TPSA) is 61.4 Å². The molecule has 5 heteroatoms. The zero-order valence-corrected chi connectivity index (χ0v) is 16.4. The summed E-state index contributed by atoms with van der Waals surface area (Å²) in [5.74, 6) is -0.238. The highest BCUT2D eigenvalue weighted by molar-refractivity contribution is 6.03. The van der Waals surface area contributed by atoms with Gasteiger partial charge in [0.15, 0.2) is 0 Å². The molecule has 144 valence electrons. The Morgan fingerprint density at radius 3 is 2.43 bits per heavy atom. The molecule has 0 bridgehead atoms. The first-order valence-electron chi connectivity index (χ1n) is 9.30. The highest BCUT2D eigenvalue weighted by Crippen LogP contribution is 2.23. The minimum atomic E-state index is -0.288. The summed E-state index contributed by atoms with van der Waals surface area (Å²) in [7, 11) is 1.61. The first-order valence-corrected chi connectivity index (χ1v) is 9.30. The molecule has 3 amide bonds. The number of rotatable bonds is 5. The first kappa shape index (κ1) is 19.4. The van der Waals surface area contributed by atoms with Crippen molar-refractivity contribution in [3.63, 3.8) is 0 Å². The highest BCUT2D eigenvalue weighted by Gasteiger charge is 2.17. The van der Waals surface area contributed by atoms with Crippen molar-refractivity contribution in [1.29, 1.82) is 0 Å². The van der Waals surface area contributed by atoms with Gasteiger partial charge in [-0.2, -0.15) is 0 Å². The van der Waals surface area contributed by atoms with Crippen LogP contribution in [0.2, 0.25) is 0 Å². The average molecular weight is 375 g/mol. The molecule has 0 heterocycles. The van der Waals surface area contributed by atoms with Crippen LogP contribution in [0.4, 0.5) is 10.5 Å². The monoisotopic (exact) mass is 375 g/mol. The second kappa shape index (κ2) is 8.57. The van der Waals surface area contributed by atoms with E-state index in [2.05, 4.69) is 10.6 Å². The smallest absolute Gasteiger partial charge is 0.318 e. The van der Waals surface area contributed by atoms with E-state index >= 15 is 0 Å². The highest BCUT2D eigenvalue weighted by atomic mass is 16.2. The number of hydrogen-bond acceptors (Lipinski definition) is 2. The fraction of sp³-hybridized carbons (Fsp3) is 0.217.